The third-order valence-corrected chi connectivity index (χ3v) is 4.31. The highest BCUT2D eigenvalue weighted by Gasteiger charge is 2.34. The normalized spacial score (nSPS) is 11.4. The number of benzene rings is 1. The number of aromatic nitrogens is 2. The maximum absolute atomic E-state index is 13.1. The van der Waals surface area contributed by atoms with Gasteiger partial charge >= 0.3 is 6.18 Å². The van der Waals surface area contributed by atoms with Gasteiger partial charge in [0, 0.05) is 28.4 Å². The second-order valence-corrected chi connectivity index (χ2v) is 6.22. The van der Waals surface area contributed by atoms with E-state index in [9.17, 15) is 18.0 Å². The zero-order chi connectivity index (χ0) is 18.0. The van der Waals surface area contributed by atoms with Crippen molar-refractivity contribution in [3.63, 3.8) is 0 Å². The van der Waals surface area contributed by atoms with Crippen LogP contribution in [0.4, 0.5) is 18.9 Å². The number of nitrogens with one attached hydrogen (secondary N) is 1. The Labute approximate surface area is 149 Å². The second kappa shape index (κ2) is 6.81. The molecule has 0 bridgehead atoms. The Hall–Kier alpha value is -2.45. The highest BCUT2D eigenvalue weighted by Crippen LogP contribution is 2.36. The molecule has 0 aliphatic carbocycles. The van der Waals surface area contributed by atoms with Crippen LogP contribution in [0.3, 0.4) is 0 Å². The molecule has 2 heterocycles. The number of halogens is 4. The van der Waals surface area contributed by atoms with Crippen molar-refractivity contribution in [2.75, 3.05) is 5.32 Å². The lowest BCUT2D eigenvalue weighted by atomic mass is 10.1. The van der Waals surface area contributed by atoms with Gasteiger partial charge in [-0.15, -0.1) is 11.3 Å². The van der Waals surface area contributed by atoms with Gasteiger partial charge < -0.3 is 5.32 Å². The number of alkyl halides is 3. The Morgan fingerprint density at radius 3 is 2.72 bits per heavy atom. The van der Waals surface area contributed by atoms with Crippen molar-refractivity contribution in [1.29, 1.82) is 0 Å². The van der Waals surface area contributed by atoms with Crippen molar-refractivity contribution in [1.82, 2.24) is 9.97 Å². The van der Waals surface area contributed by atoms with Crippen molar-refractivity contribution in [3.8, 4) is 10.6 Å². The first kappa shape index (κ1) is 17.4. The first-order chi connectivity index (χ1) is 11.8. The van der Waals surface area contributed by atoms with Crippen molar-refractivity contribution in [2.24, 2.45) is 0 Å². The largest absolute Gasteiger partial charge is 0.418 e. The third kappa shape index (κ3) is 3.97. The SMILES string of the molecule is O=C(Nc1ccc(Cl)cc1C(F)(F)F)c1csc(-c2cccnc2)n1. The average Bonchev–Trinajstić information content (AvgIpc) is 3.06. The molecule has 0 aliphatic rings. The molecule has 0 spiro atoms. The number of hydrogen-bond acceptors (Lipinski definition) is 4. The Bertz CT molecular complexity index is 912. The molecular weight excluding hydrogens is 375 g/mol. The summed E-state index contributed by atoms with van der Waals surface area (Å²) >= 11 is 6.82. The molecule has 0 fully saturated rings. The van der Waals surface area contributed by atoms with Crippen LogP contribution in [0, 0.1) is 0 Å². The molecule has 0 unspecified atom stereocenters. The van der Waals surface area contributed by atoms with Crippen LogP contribution in [-0.2, 0) is 6.18 Å². The maximum Gasteiger partial charge on any atom is 0.418 e. The highest BCUT2D eigenvalue weighted by molar-refractivity contribution is 7.13. The van der Waals surface area contributed by atoms with Crippen LogP contribution in [0.1, 0.15) is 16.1 Å². The Balaban J connectivity index is 1.86. The van der Waals surface area contributed by atoms with Gasteiger partial charge in [0.25, 0.3) is 5.91 Å². The van der Waals surface area contributed by atoms with Gasteiger partial charge in [0.1, 0.15) is 10.7 Å². The molecule has 0 radical (unpaired) electrons. The zero-order valence-electron chi connectivity index (χ0n) is 12.3. The Morgan fingerprint density at radius 1 is 1.24 bits per heavy atom. The molecule has 25 heavy (non-hydrogen) atoms. The minimum Gasteiger partial charge on any atom is -0.320 e. The second-order valence-electron chi connectivity index (χ2n) is 4.92. The zero-order valence-corrected chi connectivity index (χ0v) is 13.9. The fraction of sp³-hybridized carbons (Fsp3) is 0.0625. The maximum atomic E-state index is 13.1. The minimum atomic E-state index is -4.64. The molecule has 9 heteroatoms. The van der Waals surface area contributed by atoms with Gasteiger partial charge in [0.05, 0.1) is 11.3 Å². The molecule has 0 saturated heterocycles. The van der Waals surface area contributed by atoms with E-state index >= 15 is 0 Å². The first-order valence-electron chi connectivity index (χ1n) is 6.88. The fourth-order valence-corrected chi connectivity index (χ4v) is 3.01. The van der Waals surface area contributed by atoms with Crippen LogP contribution in [0.25, 0.3) is 10.6 Å². The number of amides is 1. The van der Waals surface area contributed by atoms with Gasteiger partial charge in [-0.2, -0.15) is 13.2 Å². The molecule has 3 aromatic rings. The molecular formula is C16H9ClF3N3OS. The Morgan fingerprint density at radius 2 is 2.04 bits per heavy atom. The molecule has 3 rings (SSSR count). The summed E-state index contributed by atoms with van der Waals surface area (Å²) in [5.41, 5.74) is -0.658. The van der Waals surface area contributed by atoms with Crippen molar-refractivity contribution in [3.05, 3.63) is 64.4 Å². The monoisotopic (exact) mass is 383 g/mol. The number of carbonyl (C=O) groups is 1. The summed E-state index contributed by atoms with van der Waals surface area (Å²) in [5, 5.41) is 4.18. The summed E-state index contributed by atoms with van der Waals surface area (Å²) in [4.78, 5) is 20.3. The predicted octanol–water partition coefficient (Wildman–Crippen LogP) is 5.13. The van der Waals surface area contributed by atoms with E-state index in [4.69, 9.17) is 11.6 Å². The lowest BCUT2D eigenvalue weighted by Crippen LogP contribution is -2.17. The summed E-state index contributed by atoms with van der Waals surface area (Å²) < 4.78 is 39.2. The molecule has 1 N–H and O–H groups in total. The van der Waals surface area contributed by atoms with E-state index in [-0.39, 0.29) is 16.4 Å². The summed E-state index contributed by atoms with van der Waals surface area (Å²) in [6, 6.07) is 6.64. The van der Waals surface area contributed by atoms with E-state index in [0.717, 1.165) is 12.1 Å². The molecule has 0 atom stereocenters. The molecule has 2 aromatic heterocycles. The Kier molecular flexibility index (Phi) is 4.73. The van der Waals surface area contributed by atoms with E-state index in [0.29, 0.717) is 10.6 Å². The number of rotatable bonds is 3. The van der Waals surface area contributed by atoms with Crippen LogP contribution < -0.4 is 5.32 Å². The van der Waals surface area contributed by atoms with Crippen LogP contribution in [0.2, 0.25) is 5.02 Å². The molecule has 128 valence electrons. The standard InChI is InChI=1S/C16H9ClF3N3OS/c17-10-3-4-12(11(6-10)16(18,19)20)22-14(24)13-8-25-15(23-13)9-2-1-5-21-7-9/h1-8H,(H,22,24). The number of hydrogen-bond donors (Lipinski definition) is 1. The summed E-state index contributed by atoms with van der Waals surface area (Å²) in [6.07, 6.45) is -1.46. The molecule has 1 amide bonds. The molecule has 0 saturated carbocycles. The van der Waals surface area contributed by atoms with Crippen molar-refractivity contribution >= 4 is 34.5 Å². The number of thiazole rings is 1. The van der Waals surface area contributed by atoms with E-state index in [1.807, 2.05) is 0 Å². The van der Waals surface area contributed by atoms with Gasteiger partial charge in [-0.05, 0) is 30.3 Å². The average molecular weight is 384 g/mol. The first-order valence-corrected chi connectivity index (χ1v) is 8.14. The molecule has 4 nitrogen and oxygen atoms in total. The van der Waals surface area contributed by atoms with Crippen LogP contribution in [-0.4, -0.2) is 15.9 Å². The van der Waals surface area contributed by atoms with E-state index < -0.39 is 17.6 Å². The van der Waals surface area contributed by atoms with Gasteiger partial charge in [-0.1, -0.05) is 11.6 Å². The lowest BCUT2D eigenvalue weighted by molar-refractivity contribution is -0.136. The number of nitrogens with zero attached hydrogens (tertiary/aromatic N) is 2. The summed E-state index contributed by atoms with van der Waals surface area (Å²) in [5.74, 6) is -0.737. The minimum absolute atomic E-state index is 0.0203. The number of pyridine rings is 1. The van der Waals surface area contributed by atoms with Crippen LogP contribution in [0.15, 0.2) is 48.1 Å². The van der Waals surface area contributed by atoms with Gasteiger partial charge in [0.2, 0.25) is 0 Å². The quantitative estimate of drug-likeness (QED) is 0.682. The number of anilines is 1. The van der Waals surface area contributed by atoms with Crippen molar-refractivity contribution < 1.29 is 18.0 Å². The van der Waals surface area contributed by atoms with Crippen LogP contribution in [0.5, 0.6) is 0 Å². The van der Waals surface area contributed by atoms with Gasteiger partial charge in [-0.25, -0.2) is 4.98 Å². The number of carbonyl (C=O) groups excluding carboxylic acids is 1. The smallest absolute Gasteiger partial charge is 0.320 e. The summed E-state index contributed by atoms with van der Waals surface area (Å²) in [6.45, 7) is 0. The van der Waals surface area contributed by atoms with E-state index in [1.165, 1.54) is 22.8 Å². The van der Waals surface area contributed by atoms with Gasteiger partial charge in [-0.3, -0.25) is 9.78 Å². The van der Waals surface area contributed by atoms with Gasteiger partial charge in [0.15, 0.2) is 0 Å². The summed E-state index contributed by atoms with van der Waals surface area (Å²) in [7, 11) is 0. The molecule has 1 aromatic carbocycles. The third-order valence-electron chi connectivity index (χ3n) is 3.18. The predicted molar refractivity (Wildman–Crippen MR) is 89.8 cm³/mol. The van der Waals surface area contributed by atoms with Crippen LogP contribution >= 0.6 is 22.9 Å². The highest BCUT2D eigenvalue weighted by atomic mass is 35.5. The fourth-order valence-electron chi connectivity index (χ4n) is 2.05. The molecule has 0 aliphatic heterocycles. The topological polar surface area (TPSA) is 54.9 Å². The lowest BCUT2D eigenvalue weighted by Gasteiger charge is -2.13. The van der Waals surface area contributed by atoms with E-state index in [2.05, 4.69) is 15.3 Å². The van der Waals surface area contributed by atoms with Crippen molar-refractivity contribution in [2.45, 2.75) is 6.18 Å². The van der Waals surface area contributed by atoms with E-state index in [1.54, 1.807) is 24.5 Å².